The van der Waals surface area contributed by atoms with E-state index in [1.807, 2.05) is 48.5 Å². The van der Waals surface area contributed by atoms with E-state index < -0.39 is 47.5 Å². The van der Waals surface area contributed by atoms with Gasteiger partial charge in [-0.15, -0.1) is 0 Å². The maximum Gasteiger partial charge on any atom is 0.407 e. The fraction of sp³-hybridized carbons (Fsp3) is 0.167. The smallest absolute Gasteiger partial charge is 0.407 e. The van der Waals surface area contributed by atoms with Gasteiger partial charge in [0.1, 0.15) is 18.5 Å². The molecular formula is C24H18F3NO4. The van der Waals surface area contributed by atoms with Crippen LogP contribution < -0.4 is 5.32 Å². The summed E-state index contributed by atoms with van der Waals surface area (Å²) in [7, 11) is 0. The maximum absolute atomic E-state index is 13.9. The van der Waals surface area contributed by atoms with Gasteiger partial charge in [-0.3, -0.25) is 0 Å². The number of alkyl carbamates (subject to hydrolysis) is 1. The number of benzene rings is 3. The summed E-state index contributed by atoms with van der Waals surface area (Å²) in [6, 6.07) is 14.9. The average Bonchev–Trinajstić information content (AvgIpc) is 3.11. The Hall–Kier alpha value is -3.81. The van der Waals surface area contributed by atoms with Gasteiger partial charge in [-0.2, -0.15) is 0 Å². The van der Waals surface area contributed by atoms with E-state index in [1.165, 1.54) is 0 Å². The van der Waals surface area contributed by atoms with Crippen LogP contribution in [0.5, 0.6) is 0 Å². The van der Waals surface area contributed by atoms with E-state index >= 15 is 0 Å². The number of rotatable bonds is 6. The summed E-state index contributed by atoms with van der Waals surface area (Å²) >= 11 is 0. The number of carbonyl (C=O) groups is 2. The van der Waals surface area contributed by atoms with Gasteiger partial charge < -0.3 is 15.2 Å². The van der Waals surface area contributed by atoms with Gasteiger partial charge in [0.15, 0.2) is 11.6 Å². The molecule has 0 aliphatic heterocycles. The van der Waals surface area contributed by atoms with Gasteiger partial charge in [0.25, 0.3) is 0 Å². The molecule has 0 saturated heterocycles. The molecular weight excluding hydrogens is 423 g/mol. The number of aliphatic carboxylic acids is 1. The SMILES string of the molecule is O=C(N[C@@H](Cc1c(F)ccc(F)c1F)C(=O)O)OCC1c2ccccc2-c2ccccc21. The van der Waals surface area contributed by atoms with Gasteiger partial charge in [0, 0.05) is 17.9 Å². The van der Waals surface area contributed by atoms with E-state index in [-0.39, 0.29) is 12.5 Å². The number of carboxylic acids is 1. The molecule has 0 saturated carbocycles. The highest BCUT2D eigenvalue weighted by Gasteiger charge is 2.30. The van der Waals surface area contributed by atoms with E-state index in [0.717, 1.165) is 22.3 Å². The first-order valence-electron chi connectivity index (χ1n) is 9.83. The Balaban J connectivity index is 1.46. The van der Waals surface area contributed by atoms with Crippen molar-refractivity contribution in [3.8, 4) is 11.1 Å². The van der Waals surface area contributed by atoms with E-state index in [1.54, 1.807) is 0 Å². The quantitative estimate of drug-likeness (QED) is 0.547. The third kappa shape index (κ3) is 4.03. The third-order valence-corrected chi connectivity index (χ3v) is 5.48. The van der Waals surface area contributed by atoms with Crippen molar-refractivity contribution in [2.24, 2.45) is 0 Å². The molecule has 1 amide bonds. The molecule has 0 unspecified atom stereocenters. The highest BCUT2D eigenvalue weighted by molar-refractivity contribution is 5.81. The number of fused-ring (bicyclic) bond motifs is 3. The molecule has 0 fully saturated rings. The van der Waals surface area contributed by atoms with E-state index in [9.17, 15) is 27.9 Å². The van der Waals surface area contributed by atoms with Crippen molar-refractivity contribution in [1.82, 2.24) is 5.32 Å². The number of amides is 1. The number of carbonyl (C=O) groups excluding carboxylic acids is 1. The van der Waals surface area contributed by atoms with Crippen molar-refractivity contribution in [3.05, 3.63) is 94.8 Å². The summed E-state index contributed by atoms with van der Waals surface area (Å²) in [4.78, 5) is 23.8. The Bertz CT molecular complexity index is 1150. The molecule has 0 heterocycles. The number of ether oxygens (including phenoxy) is 1. The first kappa shape index (κ1) is 21.4. The van der Waals surface area contributed by atoms with Crippen molar-refractivity contribution in [2.75, 3.05) is 6.61 Å². The fourth-order valence-corrected chi connectivity index (χ4v) is 3.94. The summed E-state index contributed by atoms with van der Waals surface area (Å²) in [5, 5.41) is 11.5. The van der Waals surface area contributed by atoms with Crippen LogP contribution in [0.2, 0.25) is 0 Å². The first-order chi connectivity index (χ1) is 15.4. The summed E-state index contributed by atoms with van der Waals surface area (Å²) in [5.74, 6) is -5.70. The Labute approximate surface area is 181 Å². The van der Waals surface area contributed by atoms with Crippen molar-refractivity contribution in [2.45, 2.75) is 18.4 Å². The molecule has 8 heteroatoms. The van der Waals surface area contributed by atoms with Gasteiger partial charge in [0.2, 0.25) is 0 Å². The Kier molecular flexibility index (Phi) is 5.85. The van der Waals surface area contributed by atoms with E-state index in [0.29, 0.717) is 12.1 Å². The van der Waals surface area contributed by atoms with Crippen LogP contribution in [0.15, 0.2) is 60.7 Å². The summed E-state index contributed by atoms with van der Waals surface area (Å²) in [6.45, 7) is -0.0606. The van der Waals surface area contributed by atoms with Crippen LogP contribution in [0, 0.1) is 17.5 Å². The minimum absolute atomic E-state index is 0.0606. The lowest BCUT2D eigenvalue weighted by Gasteiger charge is -2.18. The third-order valence-electron chi connectivity index (χ3n) is 5.48. The van der Waals surface area contributed by atoms with Crippen molar-refractivity contribution in [3.63, 3.8) is 0 Å². The van der Waals surface area contributed by atoms with Crippen molar-refractivity contribution in [1.29, 1.82) is 0 Å². The van der Waals surface area contributed by atoms with Crippen LogP contribution in [-0.4, -0.2) is 29.8 Å². The largest absolute Gasteiger partial charge is 0.480 e. The second-order valence-electron chi connectivity index (χ2n) is 7.39. The summed E-state index contributed by atoms with van der Waals surface area (Å²) in [6.07, 6.45) is -1.84. The summed E-state index contributed by atoms with van der Waals surface area (Å²) < 4.78 is 46.5. The zero-order chi connectivity index (χ0) is 22.8. The van der Waals surface area contributed by atoms with Crippen molar-refractivity contribution >= 4 is 12.1 Å². The fourth-order valence-electron chi connectivity index (χ4n) is 3.94. The molecule has 0 aromatic heterocycles. The molecule has 5 nitrogen and oxygen atoms in total. The van der Waals surface area contributed by atoms with Crippen molar-refractivity contribution < 1.29 is 32.6 Å². The normalized spacial score (nSPS) is 13.2. The molecule has 32 heavy (non-hydrogen) atoms. The lowest BCUT2D eigenvalue weighted by Crippen LogP contribution is -2.43. The van der Waals surface area contributed by atoms with Crippen LogP contribution >= 0.6 is 0 Å². The van der Waals surface area contributed by atoms with Gasteiger partial charge in [0.05, 0.1) is 0 Å². The molecule has 0 spiro atoms. The second-order valence-corrected chi connectivity index (χ2v) is 7.39. The second kappa shape index (κ2) is 8.74. The van der Waals surface area contributed by atoms with Gasteiger partial charge >= 0.3 is 12.1 Å². The molecule has 3 aromatic rings. The number of nitrogens with one attached hydrogen (secondary N) is 1. The van der Waals surface area contributed by atoms with E-state index in [2.05, 4.69) is 5.32 Å². The molecule has 1 aliphatic carbocycles. The predicted octanol–water partition coefficient (Wildman–Crippen LogP) is 4.64. The Morgan fingerprint density at radius 2 is 1.47 bits per heavy atom. The van der Waals surface area contributed by atoms with Crippen LogP contribution in [0.4, 0.5) is 18.0 Å². The number of hydrogen-bond acceptors (Lipinski definition) is 3. The predicted molar refractivity (Wildman–Crippen MR) is 110 cm³/mol. The maximum atomic E-state index is 13.9. The number of hydrogen-bond donors (Lipinski definition) is 2. The standard InChI is InChI=1S/C24H18F3NO4/c25-19-9-10-20(26)22(27)17(19)11-21(23(29)30)28-24(31)32-12-18-15-7-3-1-5-13(15)14-6-2-4-8-16(14)18/h1-10,18,21H,11-12H2,(H,28,31)(H,29,30)/t21-/m0/s1. The van der Waals surface area contributed by atoms with Gasteiger partial charge in [-0.25, -0.2) is 22.8 Å². The topological polar surface area (TPSA) is 75.6 Å². The molecule has 0 bridgehead atoms. The molecule has 164 valence electrons. The minimum atomic E-state index is -1.71. The van der Waals surface area contributed by atoms with Crippen LogP contribution in [-0.2, 0) is 16.0 Å². The van der Waals surface area contributed by atoms with Crippen LogP contribution in [0.1, 0.15) is 22.6 Å². The Morgan fingerprint density at radius 3 is 2.06 bits per heavy atom. The highest BCUT2D eigenvalue weighted by Crippen LogP contribution is 2.44. The molecule has 3 aromatic carbocycles. The molecule has 4 rings (SSSR count). The molecule has 1 aliphatic rings. The highest BCUT2D eigenvalue weighted by atomic mass is 19.2. The van der Waals surface area contributed by atoms with Crippen LogP contribution in [0.25, 0.3) is 11.1 Å². The Morgan fingerprint density at radius 1 is 0.906 bits per heavy atom. The zero-order valence-corrected chi connectivity index (χ0v) is 16.6. The van der Waals surface area contributed by atoms with Gasteiger partial charge in [-0.05, 0) is 34.4 Å². The summed E-state index contributed by atoms with van der Waals surface area (Å²) in [5.41, 5.74) is 3.23. The van der Waals surface area contributed by atoms with Gasteiger partial charge in [-0.1, -0.05) is 48.5 Å². The first-order valence-corrected chi connectivity index (χ1v) is 9.83. The number of carboxylic acid groups (broad SMARTS) is 1. The monoisotopic (exact) mass is 441 g/mol. The molecule has 0 radical (unpaired) electrons. The minimum Gasteiger partial charge on any atom is -0.480 e. The average molecular weight is 441 g/mol. The molecule has 1 atom stereocenters. The zero-order valence-electron chi connectivity index (χ0n) is 16.6. The lowest BCUT2D eigenvalue weighted by molar-refractivity contribution is -0.139. The number of halogens is 3. The molecule has 2 N–H and O–H groups in total. The van der Waals surface area contributed by atoms with Crippen LogP contribution in [0.3, 0.4) is 0 Å². The lowest BCUT2D eigenvalue weighted by atomic mass is 9.98. The van der Waals surface area contributed by atoms with E-state index in [4.69, 9.17) is 4.74 Å².